The predicted octanol–water partition coefficient (Wildman–Crippen LogP) is 4.81. The van der Waals surface area contributed by atoms with Gasteiger partial charge in [-0.15, -0.1) is 0 Å². The van der Waals surface area contributed by atoms with Gasteiger partial charge in [-0.3, -0.25) is 0 Å². The second-order valence-electron chi connectivity index (χ2n) is 4.28. The number of halogens is 1. The number of rotatable bonds is 1. The minimum absolute atomic E-state index is 1.06. The van der Waals surface area contributed by atoms with Gasteiger partial charge in [-0.05, 0) is 41.1 Å². The number of hydrogen-bond donors (Lipinski definition) is 0. The maximum Gasteiger partial charge on any atom is 0.0845 e. The smallest absolute Gasteiger partial charge is 0.0845 e. The highest BCUT2D eigenvalue weighted by Crippen LogP contribution is 2.30. The van der Waals surface area contributed by atoms with Crippen LogP contribution in [0.4, 0.5) is 0 Å². The third-order valence-corrected chi connectivity index (χ3v) is 4.44. The van der Waals surface area contributed by atoms with Gasteiger partial charge in [-0.1, -0.05) is 48.5 Å². The summed E-state index contributed by atoms with van der Waals surface area (Å²) >= 11 is 2.39. The molecule has 1 aromatic heterocycles. The summed E-state index contributed by atoms with van der Waals surface area (Å²) in [5.41, 5.74) is 4.62. The molecule has 0 unspecified atom stereocenters. The molecule has 0 spiro atoms. The van der Waals surface area contributed by atoms with Gasteiger partial charge in [-0.2, -0.15) is 0 Å². The molecule has 3 aromatic rings. The number of para-hydroxylation sites is 1. The van der Waals surface area contributed by atoms with Crippen LogP contribution in [0.3, 0.4) is 0 Å². The summed E-state index contributed by atoms with van der Waals surface area (Å²) in [5, 5.41) is 1.24. The highest BCUT2D eigenvalue weighted by molar-refractivity contribution is 14.1. The van der Waals surface area contributed by atoms with Crippen LogP contribution in [-0.2, 0) is 0 Å². The fraction of sp³-hybridized carbons (Fsp3) is 0.0625. The molecule has 0 amide bonds. The lowest BCUT2D eigenvalue weighted by Gasteiger charge is -2.10. The number of fused-ring (bicyclic) bond motifs is 1. The van der Waals surface area contributed by atoms with E-state index in [0.29, 0.717) is 0 Å². The van der Waals surface area contributed by atoms with E-state index in [1.165, 1.54) is 20.1 Å². The Morgan fingerprint density at radius 1 is 0.889 bits per heavy atom. The van der Waals surface area contributed by atoms with Crippen molar-refractivity contribution < 1.29 is 0 Å². The molecule has 0 atom stereocenters. The molecule has 18 heavy (non-hydrogen) atoms. The second-order valence-corrected chi connectivity index (χ2v) is 5.36. The van der Waals surface area contributed by atoms with Crippen molar-refractivity contribution in [1.29, 1.82) is 0 Å². The van der Waals surface area contributed by atoms with Crippen LogP contribution in [0, 0.1) is 10.5 Å². The number of hydrogen-bond acceptors (Lipinski definition) is 1. The fourth-order valence-corrected chi connectivity index (χ4v) is 2.86. The molecule has 1 nitrogen and oxygen atoms in total. The number of nitrogens with zero attached hydrogens (tertiary/aromatic N) is 1. The highest BCUT2D eigenvalue weighted by atomic mass is 127. The van der Waals surface area contributed by atoms with Crippen molar-refractivity contribution in [2.24, 2.45) is 0 Å². The molecular formula is C16H12IN. The molecule has 0 bridgehead atoms. The van der Waals surface area contributed by atoms with Gasteiger partial charge in [0.2, 0.25) is 0 Å². The highest BCUT2D eigenvalue weighted by Gasteiger charge is 2.10. The standard InChI is InChI=1S/C16H12IN/c1-11-13-9-5-6-10-14(13)18-16(15(11)17)12-7-3-2-4-8-12/h2-10H,1H3. The summed E-state index contributed by atoms with van der Waals surface area (Å²) in [6, 6.07) is 18.7. The van der Waals surface area contributed by atoms with E-state index in [1.807, 2.05) is 12.1 Å². The Morgan fingerprint density at radius 2 is 1.56 bits per heavy atom. The van der Waals surface area contributed by atoms with Gasteiger partial charge in [0.15, 0.2) is 0 Å². The molecule has 0 aliphatic heterocycles. The summed E-state index contributed by atoms with van der Waals surface area (Å²) in [6.07, 6.45) is 0. The molecule has 0 aliphatic carbocycles. The molecule has 0 saturated heterocycles. The zero-order valence-electron chi connectivity index (χ0n) is 10.0. The Labute approximate surface area is 120 Å². The zero-order chi connectivity index (χ0) is 12.5. The largest absolute Gasteiger partial charge is 0.247 e. The molecular weight excluding hydrogens is 333 g/mol. The monoisotopic (exact) mass is 345 g/mol. The Bertz CT molecular complexity index is 705. The number of benzene rings is 2. The van der Waals surface area contributed by atoms with Crippen LogP contribution in [0.2, 0.25) is 0 Å². The van der Waals surface area contributed by atoms with Crippen LogP contribution in [-0.4, -0.2) is 4.98 Å². The van der Waals surface area contributed by atoms with Gasteiger partial charge in [-0.25, -0.2) is 4.98 Å². The molecule has 0 saturated carbocycles. The molecule has 2 aromatic carbocycles. The lowest BCUT2D eigenvalue weighted by molar-refractivity contribution is 1.33. The lowest BCUT2D eigenvalue weighted by atomic mass is 10.1. The van der Waals surface area contributed by atoms with Crippen molar-refractivity contribution in [2.75, 3.05) is 0 Å². The maximum atomic E-state index is 4.80. The van der Waals surface area contributed by atoms with Crippen LogP contribution in [0.5, 0.6) is 0 Å². The van der Waals surface area contributed by atoms with Crippen LogP contribution in [0.15, 0.2) is 54.6 Å². The van der Waals surface area contributed by atoms with E-state index >= 15 is 0 Å². The van der Waals surface area contributed by atoms with Gasteiger partial charge < -0.3 is 0 Å². The van der Waals surface area contributed by atoms with E-state index < -0.39 is 0 Å². The second kappa shape index (κ2) is 4.69. The van der Waals surface area contributed by atoms with Crippen molar-refractivity contribution in [3.63, 3.8) is 0 Å². The average molecular weight is 345 g/mol. The third-order valence-electron chi connectivity index (χ3n) is 3.12. The average Bonchev–Trinajstić information content (AvgIpc) is 2.44. The summed E-state index contributed by atoms with van der Waals surface area (Å²) in [4.78, 5) is 4.80. The van der Waals surface area contributed by atoms with Crippen LogP contribution in [0.1, 0.15) is 5.56 Å². The maximum absolute atomic E-state index is 4.80. The topological polar surface area (TPSA) is 12.9 Å². The number of aromatic nitrogens is 1. The van der Waals surface area contributed by atoms with Gasteiger partial charge in [0.05, 0.1) is 11.2 Å². The Hall–Kier alpha value is -1.42. The molecule has 88 valence electrons. The van der Waals surface area contributed by atoms with Crippen molar-refractivity contribution in [3.8, 4) is 11.3 Å². The lowest BCUT2D eigenvalue weighted by Crippen LogP contribution is -1.94. The summed E-state index contributed by atoms with van der Waals surface area (Å²) in [6.45, 7) is 2.16. The fourth-order valence-electron chi connectivity index (χ4n) is 2.14. The zero-order valence-corrected chi connectivity index (χ0v) is 12.2. The van der Waals surface area contributed by atoms with Gasteiger partial charge >= 0.3 is 0 Å². The Morgan fingerprint density at radius 3 is 2.33 bits per heavy atom. The SMILES string of the molecule is Cc1c(I)c(-c2ccccc2)nc2ccccc12. The van der Waals surface area contributed by atoms with E-state index in [1.54, 1.807) is 0 Å². The van der Waals surface area contributed by atoms with Crippen LogP contribution in [0.25, 0.3) is 22.2 Å². The Kier molecular flexibility index (Phi) is 3.04. The van der Waals surface area contributed by atoms with Crippen LogP contribution >= 0.6 is 22.6 Å². The van der Waals surface area contributed by atoms with Gasteiger partial charge in [0, 0.05) is 14.5 Å². The van der Waals surface area contributed by atoms with Crippen molar-refractivity contribution in [1.82, 2.24) is 4.98 Å². The summed E-state index contributed by atoms with van der Waals surface area (Å²) in [7, 11) is 0. The molecule has 0 aliphatic rings. The molecule has 1 heterocycles. The first kappa shape index (κ1) is 11.7. The van der Waals surface area contributed by atoms with Crippen molar-refractivity contribution in [3.05, 3.63) is 63.7 Å². The third kappa shape index (κ3) is 1.90. The molecule has 3 rings (SSSR count). The molecule has 0 N–H and O–H groups in total. The van der Waals surface area contributed by atoms with Crippen molar-refractivity contribution >= 4 is 33.5 Å². The van der Waals surface area contributed by atoms with E-state index in [4.69, 9.17) is 4.98 Å². The quantitative estimate of drug-likeness (QED) is 0.577. The minimum atomic E-state index is 1.06. The minimum Gasteiger partial charge on any atom is -0.247 e. The Balaban J connectivity index is 2.34. The van der Waals surface area contributed by atoms with Gasteiger partial charge in [0.25, 0.3) is 0 Å². The van der Waals surface area contributed by atoms with E-state index in [2.05, 4.69) is 72.0 Å². The summed E-state index contributed by atoms with van der Waals surface area (Å²) in [5.74, 6) is 0. The normalized spacial score (nSPS) is 10.8. The first-order chi connectivity index (χ1) is 8.77. The van der Waals surface area contributed by atoms with E-state index in [-0.39, 0.29) is 0 Å². The van der Waals surface area contributed by atoms with Gasteiger partial charge in [0.1, 0.15) is 0 Å². The first-order valence-electron chi connectivity index (χ1n) is 5.87. The number of aryl methyl sites for hydroxylation is 1. The molecule has 2 heteroatoms. The van der Waals surface area contributed by atoms with Crippen molar-refractivity contribution in [2.45, 2.75) is 6.92 Å². The summed E-state index contributed by atoms with van der Waals surface area (Å²) < 4.78 is 1.23. The molecule has 0 fully saturated rings. The van der Waals surface area contributed by atoms with E-state index in [0.717, 1.165) is 11.2 Å². The predicted molar refractivity (Wildman–Crippen MR) is 84.6 cm³/mol. The first-order valence-corrected chi connectivity index (χ1v) is 6.95. The van der Waals surface area contributed by atoms with Crippen LogP contribution < -0.4 is 0 Å². The molecule has 0 radical (unpaired) electrons. The van der Waals surface area contributed by atoms with E-state index in [9.17, 15) is 0 Å². The number of pyridine rings is 1.